The Hall–Kier alpha value is -2.75. The fraction of sp³-hybridized carbons (Fsp3) is 0.286. The number of benzene rings is 1. The summed E-state index contributed by atoms with van der Waals surface area (Å²) in [4.78, 5) is 12.2. The molecule has 0 unspecified atom stereocenters. The van der Waals surface area contributed by atoms with Crippen molar-refractivity contribution in [2.75, 3.05) is 19.8 Å². The van der Waals surface area contributed by atoms with Crippen LogP contribution in [0, 0.1) is 5.41 Å². The zero-order valence-corrected chi connectivity index (χ0v) is 14.8. The van der Waals surface area contributed by atoms with Gasteiger partial charge < -0.3 is 14.2 Å². The van der Waals surface area contributed by atoms with E-state index in [0.29, 0.717) is 23.5 Å². The molecule has 134 valence electrons. The summed E-state index contributed by atoms with van der Waals surface area (Å²) in [5.41, 5.74) is -0.0390. The minimum Gasteiger partial charge on any atom is -0.493 e. The van der Waals surface area contributed by atoms with Crippen LogP contribution in [0.1, 0.15) is 23.7 Å². The van der Waals surface area contributed by atoms with Crippen molar-refractivity contribution in [2.24, 2.45) is 5.41 Å². The predicted octanol–water partition coefficient (Wildman–Crippen LogP) is 4.67. The van der Waals surface area contributed by atoms with Gasteiger partial charge in [-0.2, -0.15) is 0 Å². The van der Waals surface area contributed by atoms with Crippen LogP contribution in [0.4, 0.5) is 0 Å². The molecule has 0 radical (unpaired) electrons. The maximum absolute atomic E-state index is 12.2. The average molecular weight is 342 g/mol. The second-order valence-electron chi connectivity index (χ2n) is 5.71. The molecule has 4 heteroatoms. The summed E-state index contributed by atoms with van der Waals surface area (Å²) in [5, 5.41) is 0. The maximum atomic E-state index is 12.2. The fourth-order valence-electron chi connectivity index (χ4n) is 1.92. The number of carbonyl (C=O) groups excluding carboxylic acids is 1. The van der Waals surface area contributed by atoms with Gasteiger partial charge in [-0.25, -0.2) is 4.79 Å². The van der Waals surface area contributed by atoms with Gasteiger partial charge in [0.05, 0.1) is 11.0 Å². The molecule has 1 aromatic carbocycles. The van der Waals surface area contributed by atoms with E-state index in [2.05, 4.69) is 26.3 Å². The molecule has 0 saturated carbocycles. The van der Waals surface area contributed by atoms with E-state index in [0.717, 1.165) is 0 Å². The SMILES string of the molecule is C=CC(=C)OCC(CC)(COC(=C)C=C)COC(=O)c1ccccc1. The van der Waals surface area contributed by atoms with Crippen LogP contribution in [0.3, 0.4) is 0 Å². The van der Waals surface area contributed by atoms with Gasteiger partial charge in [0, 0.05) is 0 Å². The molecular formula is C21H26O4. The molecule has 0 amide bonds. The zero-order chi connectivity index (χ0) is 18.7. The molecule has 0 fully saturated rings. The van der Waals surface area contributed by atoms with Gasteiger partial charge in [-0.05, 0) is 30.7 Å². The standard InChI is InChI=1S/C21H26O4/c1-6-17(4)23-14-21(8-3,15-24-18(5)7-2)16-25-20(22)19-12-10-9-11-13-19/h6-7,9-13H,1-2,4-5,8,14-16H2,3H3. The van der Waals surface area contributed by atoms with E-state index >= 15 is 0 Å². The zero-order valence-electron chi connectivity index (χ0n) is 14.8. The molecule has 0 atom stereocenters. The molecule has 0 aliphatic rings. The molecular weight excluding hydrogens is 316 g/mol. The number of rotatable bonds is 12. The molecule has 25 heavy (non-hydrogen) atoms. The highest BCUT2D eigenvalue weighted by Crippen LogP contribution is 2.26. The van der Waals surface area contributed by atoms with Gasteiger partial charge in [-0.15, -0.1) is 0 Å². The van der Waals surface area contributed by atoms with E-state index in [-0.39, 0.29) is 25.8 Å². The molecule has 0 aromatic heterocycles. The molecule has 0 saturated heterocycles. The fourth-order valence-corrected chi connectivity index (χ4v) is 1.92. The van der Waals surface area contributed by atoms with Gasteiger partial charge >= 0.3 is 5.97 Å². The quantitative estimate of drug-likeness (QED) is 0.314. The first-order chi connectivity index (χ1) is 12.0. The summed E-state index contributed by atoms with van der Waals surface area (Å²) < 4.78 is 16.7. The predicted molar refractivity (Wildman–Crippen MR) is 100 cm³/mol. The second-order valence-corrected chi connectivity index (χ2v) is 5.71. The second kappa shape index (κ2) is 10.2. The molecule has 1 rings (SSSR count). The van der Waals surface area contributed by atoms with Crippen molar-refractivity contribution in [3.63, 3.8) is 0 Å². The molecule has 0 aliphatic carbocycles. The van der Waals surface area contributed by atoms with E-state index in [4.69, 9.17) is 14.2 Å². The van der Waals surface area contributed by atoms with Gasteiger partial charge in [-0.1, -0.05) is 51.4 Å². The number of ether oxygens (including phenoxy) is 3. The Bertz CT molecular complexity index is 592. The smallest absolute Gasteiger partial charge is 0.338 e. The van der Waals surface area contributed by atoms with Crippen molar-refractivity contribution in [1.82, 2.24) is 0 Å². The van der Waals surface area contributed by atoms with Crippen LogP contribution in [-0.2, 0) is 14.2 Å². The third-order valence-electron chi connectivity index (χ3n) is 3.85. The lowest BCUT2D eigenvalue weighted by Crippen LogP contribution is -2.37. The minimum absolute atomic E-state index is 0.145. The summed E-state index contributed by atoms with van der Waals surface area (Å²) in [6.07, 6.45) is 3.73. The van der Waals surface area contributed by atoms with Crippen molar-refractivity contribution in [3.8, 4) is 0 Å². The molecule has 0 aliphatic heterocycles. The van der Waals surface area contributed by atoms with Crippen LogP contribution in [0.2, 0.25) is 0 Å². The molecule has 0 N–H and O–H groups in total. The van der Waals surface area contributed by atoms with Crippen molar-refractivity contribution < 1.29 is 19.0 Å². The summed E-state index contributed by atoms with van der Waals surface area (Å²) in [6, 6.07) is 8.84. The van der Waals surface area contributed by atoms with Gasteiger partial charge in [0.25, 0.3) is 0 Å². The van der Waals surface area contributed by atoms with Crippen LogP contribution in [0.25, 0.3) is 0 Å². The Morgan fingerprint density at radius 3 is 1.88 bits per heavy atom. The Balaban J connectivity index is 2.81. The monoisotopic (exact) mass is 342 g/mol. The summed E-state index contributed by atoms with van der Waals surface area (Å²) in [7, 11) is 0. The van der Waals surface area contributed by atoms with Crippen molar-refractivity contribution in [2.45, 2.75) is 13.3 Å². The molecule has 0 heterocycles. The van der Waals surface area contributed by atoms with Gasteiger partial charge in [0.2, 0.25) is 0 Å². The van der Waals surface area contributed by atoms with Crippen LogP contribution in [0.5, 0.6) is 0 Å². The van der Waals surface area contributed by atoms with Crippen LogP contribution < -0.4 is 0 Å². The first-order valence-corrected chi connectivity index (χ1v) is 8.07. The van der Waals surface area contributed by atoms with Crippen LogP contribution in [-0.4, -0.2) is 25.8 Å². The van der Waals surface area contributed by atoms with E-state index in [9.17, 15) is 4.79 Å². The summed E-state index contributed by atoms with van der Waals surface area (Å²) in [6.45, 7) is 17.4. The maximum Gasteiger partial charge on any atom is 0.338 e. The molecule has 4 nitrogen and oxygen atoms in total. The van der Waals surface area contributed by atoms with Crippen LogP contribution in [0.15, 0.2) is 80.3 Å². The van der Waals surface area contributed by atoms with Gasteiger partial charge in [0.15, 0.2) is 0 Å². The average Bonchev–Trinajstić information content (AvgIpc) is 2.67. The van der Waals surface area contributed by atoms with E-state index in [1.807, 2.05) is 13.0 Å². The van der Waals surface area contributed by atoms with E-state index < -0.39 is 5.41 Å². The third-order valence-corrected chi connectivity index (χ3v) is 3.85. The highest BCUT2D eigenvalue weighted by atomic mass is 16.5. The highest BCUT2D eigenvalue weighted by molar-refractivity contribution is 5.89. The Labute approximate surface area is 150 Å². The van der Waals surface area contributed by atoms with Crippen molar-refractivity contribution >= 4 is 5.97 Å². The number of esters is 1. The lowest BCUT2D eigenvalue weighted by Gasteiger charge is -2.32. The van der Waals surface area contributed by atoms with E-state index in [1.54, 1.807) is 24.3 Å². The Morgan fingerprint density at radius 1 is 0.960 bits per heavy atom. The first-order valence-electron chi connectivity index (χ1n) is 8.07. The number of hydrogen-bond acceptors (Lipinski definition) is 4. The highest BCUT2D eigenvalue weighted by Gasteiger charge is 2.33. The Morgan fingerprint density at radius 2 is 1.44 bits per heavy atom. The lowest BCUT2D eigenvalue weighted by molar-refractivity contribution is -0.0303. The van der Waals surface area contributed by atoms with E-state index in [1.165, 1.54) is 12.2 Å². The third kappa shape index (κ3) is 6.71. The normalized spacial score (nSPS) is 10.4. The van der Waals surface area contributed by atoms with Crippen molar-refractivity contribution in [1.29, 1.82) is 0 Å². The topological polar surface area (TPSA) is 44.8 Å². The van der Waals surface area contributed by atoms with Gasteiger partial charge in [0.1, 0.15) is 31.3 Å². The number of carbonyl (C=O) groups is 1. The lowest BCUT2D eigenvalue weighted by atomic mass is 9.88. The van der Waals surface area contributed by atoms with Gasteiger partial charge in [-0.3, -0.25) is 0 Å². The minimum atomic E-state index is -0.539. The van der Waals surface area contributed by atoms with Crippen LogP contribution >= 0.6 is 0 Å². The molecule has 1 aromatic rings. The summed E-state index contributed by atoms with van der Waals surface area (Å²) in [5.74, 6) is 0.521. The number of allylic oxidation sites excluding steroid dienone is 2. The largest absolute Gasteiger partial charge is 0.493 e. The molecule has 0 spiro atoms. The number of hydrogen-bond donors (Lipinski definition) is 0. The Kier molecular flexibility index (Phi) is 8.27. The first kappa shape index (κ1) is 20.3. The van der Waals surface area contributed by atoms with Crippen molar-refractivity contribution in [3.05, 3.63) is 85.9 Å². The summed E-state index contributed by atoms with van der Waals surface area (Å²) >= 11 is 0. The molecule has 0 bridgehead atoms.